The maximum absolute atomic E-state index is 11.9. The highest BCUT2D eigenvalue weighted by molar-refractivity contribution is 5.93. The smallest absolute Gasteiger partial charge is 0.358 e. The Kier molecular flexibility index (Phi) is 4.65. The van der Waals surface area contributed by atoms with Crippen molar-refractivity contribution in [3.05, 3.63) is 11.4 Å². The average Bonchev–Trinajstić information content (AvgIpc) is 2.74. The van der Waals surface area contributed by atoms with Gasteiger partial charge in [0.05, 0.1) is 24.1 Å². The molecule has 0 bridgehead atoms. The summed E-state index contributed by atoms with van der Waals surface area (Å²) in [5.74, 6) is -0.104. The van der Waals surface area contributed by atoms with Crippen molar-refractivity contribution in [3.8, 4) is 0 Å². The van der Waals surface area contributed by atoms with Crippen LogP contribution >= 0.6 is 0 Å². The van der Waals surface area contributed by atoms with E-state index in [-0.39, 0.29) is 0 Å². The Hall–Kier alpha value is -1.56. The second kappa shape index (κ2) is 6.26. The lowest BCUT2D eigenvalue weighted by atomic mass is 9.84. The van der Waals surface area contributed by atoms with Gasteiger partial charge in [-0.1, -0.05) is 0 Å². The Balaban J connectivity index is 2.18. The lowest BCUT2D eigenvalue weighted by Gasteiger charge is -2.26. The van der Waals surface area contributed by atoms with Gasteiger partial charge in [0.2, 0.25) is 0 Å². The summed E-state index contributed by atoms with van der Waals surface area (Å²) in [5.41, 5.74) is 7.76. The van der Waals surface area contributed by atoms with Crippen LogP contribution < -0.4 is 5.73 Å². The predicted molar refractivity (Wildman–Crippen MR) is 75.6 cm³/mol. The quantitative estimate of drug-likeness (QED) is 0.852. The van der Waals surface area contributed by atoms with Gasteiger partial charge in [0.1, 0.15) is 0 Å². The van der Waals surface area contributed by atoms with Gasteiger partial charge in [-0.3, -0.25) is 4.68 Å². The summed E-state index contributed by atoms with van der Waals surface area (Å²) in [7, 11) is 3.48. The molecule has 20 heavy (non-hydrogen) atoms. The van der Waals surface area contributed by atoms with E-state index < -0.39 is 5.97 Å². The van der Waals surface area contributed by atoms with Crippen LogP contribution in [0, 0.1) is 0 Å². The molecule has 1 heterocycles. The highest BCUT2D eigenvalue weighted by Gasteiger charge is 2.29. The second-order valence-electron chi connectivity index (χ2n) is 5.20. The molecule has 0 radical (unpaired) electrons. The van der Waals surface area contributed by atoms with Crippen molar-refractivity contribution in [2.75, 3.05) is 19.5 Å². The van der Waals surface area contributed by atoms with Crippen LogP contribution in [-0.4, -0.2) is 35.6 Å². The number of aryl methyl sites for hydroxylation is 1. The third-order valence-corrected chi connectivity index (χ3v) is 3.98. The van der Waals surface area contributed by atoms with Crippen LogP contribution in [0.25, 0.3) is 0 Å². The van der Waals surface area contributed by atoms with Gasteiger partial charge in [0.25, 0.3) is 0 Å². The molecule has 1 aliphatic carbocycles. The number of nitrogens with two attached hydrogens (primary N) is 1. The van der Waals surface area contributed by atoms with Gasteiger partial charge in [-0.15, -0.1) is 0 Å². The Bertz CT molecular complexity index is 476. The summed E-state index contributed by atoms with van der Waals surface area (Å²) in [5, 5.41) is 4.44. The number of esters is 1. The molecule has 0 atom stereocenters. The van der Waals surface area contributed by atoms with Crippen molar-refractivity contribution in [1.29, 1.82) is 0 Å². The Morgan fingerprint density at radius 1 is 1.40 bits per heavy atom. The van der Waals surface area contributed by atoms with E-state index >= 15 is 0 Å². The van der Waals surface area contributed by atoms with E-state index in [2.05, 4.69) is 5.10 Å². The lowest BCUT2D eigenvalue weighted by Crippen LogP contribution is -2.20. The maximum atomic E-state index is 11.9. The van der Waals surface area contributed by atoms with Crippen LogP contribution in [0.2, 0.25) is 0 Å². The molecule has 0 spiro atoms. The summed E-state index contributed by atoms with van der Waals surface area (Å²) >= 11 is 0. The van der Waals surface area contributed by atoms with Crippen LogP contribution in [0.4, 0.5) is 5.69 Å². The number of nitrogens with zero attached hydrogens (tertiary/aromatic N) is 2. The van der Waals surface area contributed by atoms with Crippen molar-refractivity contribution >= 4 is 11.7 Å². The number of rotatable bonds is 4. The minimum atomic E-state index is -0.406. The lowest BCUT2D eigenvalue weighted by molar-refractivity contribution is 0.0515. The van der Waals surface area contributed by atoms with Crippen LogP contribution in [0.5, 0.6) is 0 Å². The number of carbonyl (C=O) groups is 1. The molecule has 1 aliphatic rings. The second-order valence-corrected chi connectivity index (χ2v) is 5.20. The zero-order valence-electron chi connectivity index (χ0n) is 12.4. The average molecular weight is 281 g/mol. The fourth-order valence-corrected chi connectivity index (χ4v) is 2.88. The first-order valence-electron chi connectivity index (χ1n) is 7.10. The number of hydrogen-bond donors (Lipinski definition) is 1. The number of carbonyl (C=O) groups excluding carboxylic acids is 1. The van der Waals surface area contributed by atoms with E-state index in [4.69, 9.17) is 15.2 Å². The summed E-state index contributed by atoms with van der Waals surface area (Å²) in [4.78, 5) is 11.9. The highest BCUT2D eigenvalue weighted by atomic mass is 16.5. The van der Waals surface area contributed by atoms with Crippen LogP contribution in [0.3, 0.4) is 0 Å². The normalized spacial score (nSPS) is 22.8. The van der Waals surface area contributed by atoms with Crippen LogP contribution in [-0.2, 0) is 16.5 Å². The summed E-state index contributed by atoms with van der Waals surface area (Å²) in [6, 6.07) is 0. The van der Waals surface area contributed by atoms with E-state index in [1.54, 1.807) is 21.1 Å². The number of hydrogen-bond acceptors (Lipinski definition) is 5. The van der Waals surface area contributed by atoms with Gasteiger partial charge in [-0.25, -0.2) is 4.79 Å². The highest BCUT2D eigenvalue weighted by Crippen LogP contribution is 2.36. The van der Waals surface area contributed by atoms with Crippen molar-refractivity contribution in [2.24, 2.45) is 7.05 Å². The Morgan fingerprint density at radius 3 is 2.60 bits per heavy atom. The molecular weight excluding hydrogens is 258 g/mol. The third kappa shape index (κ3) is 2.80. The number of nitrogen functional groups attached to an aromatic ring is 1. The third-order valence-electron chi connectivity index (χ3n) is 3.98. The largest absolute Gasteiger partial charge is 0.461 e. The van der Waals surface area contributed by atoms with Gasteiger partial charge in [-0.05, 0) is 32.6 Å². The number of methoxy groups -OCH3 is 1. The van der Waals surface area contributed by atoms with Gasteiger partial charge in [-0.2, -0.15) is 5.10 Å². The van der Waals surface area contributed by atoms with E-state index in [1.807, 2.05) is 0 Å². The fraction of sp³-hybridized carbons (Fsp3) is 0.714. The molecule has 0 aliphatic heterocycles. The predicted octanol–water partition coefficient (Wildman–Crippen LogP) is 1.85. The molecule has 1 fully saturated rings. The molecule has 6 heteroatoms. The first-order valence-corrected chi connectivity index (χ1v) is 7.10. The number of ether oxygens (including phenoxy) is 2. The van der Waals surface area contributed by atoms with E-state index in [0.29, 0.717) is 30.0 Å². The number of aromatic nitrogens is 2. The van der Waals surface area contributed by atoms with Crippen molar-refractivity contribution in [1.82, 2.24) is 9.78 Å². The SMILES string of the molecule is CCOC(=O)c1c(N)c([C@H]2CC[C@@H](OC)CC2)nn1C. The van der Waals surface area contributed by atoms with E-state index in [9.17, 15) is 4.79 Å². The maximum Gasteiger partial charge on any atom is 0.358 e. The van der Waals surface area contributed by atoms with Crippen molar-refractivity contribution < 1.29 is 14.3 Å². The van der Waals surface area contributed by atoms with Crippen molar-refractivity contribution in [2.45, 2.75) is 44.6 Å². The molecule has 0 aromatic carbocycles. The molecule has 1 saturated carbocycles. The van der Waals surface area contributed by atoms with E-state index in [1.165, 1.54) is 4.68 Å². The molecule has 2 N–H and O–H groups in total. The summed E-state index contributed by atoms with van der Waals surface area (Å²) < 4.78 is 11.9. The molecule has 2 rings (SSSR count). The first kappa shape index (κ1) is 14.8. The van der Waals surface area contributed by atoms with Gasteiger partial charge < -0.3 is 15.2 Å². The fourth-order valence-electron chi connectivity index (χ4n) is 2.88. The molecule has 0 amide bonds. The molecule has 0 unspecified atom stereocenters. The molecule has 0 saturated heterocycles. The zero-order chi connectivity index (χ0) is 14.7. The van der Waals surface area contributed by atoms with Gasteiger partial charge >= 0.3 is 5.97 Å². The van der Waals surface area contributed by atoms with Crippen molar-refractivity contribution in [3.63, 3.8) is 0 Å². The zero-order valence-corrected chi connectivity index (χ0v) is 12.4. The Labute approximate surface area is 119 Å². The molecule has 6 nitrogen and oxygen atoms in total. The van der Waals surface area contributed by atoms with Crippen LogP contribution in [0.15, 0.2) is 0 Å². The molecule has 1 aromatic rings. The molecule has 1 aromatic heterocycles. The first-order chi connectivity index (χ1) is 9.58. The minimum Gasteiger partial charge on any atom is -0.461 e. The van der Waals surface area contributed by atoms with E-state index in [0.717, 1.165) is 31.4 Å². The molecular formula is C14H23N3O3. The monoisotopic (exact) mass is 281 g/mol. The summed E-state index contributed by atoms with van der Waals surface area (Å²) in [6.07, 6.45) is 4.32. The van der Waals surface area contributed by atoms with Crippen LogP contribution in [0.1, 0.15) is 54.7 Å². The number of anilines is 1. The summed E-state index contributed by atoms with van der Waals surface area (Å²) in [6.45, 7) is 2.11. The molecule has 112 valence electrons. The minimum absolute atomic E-state index is 0.302. The standard InChI is InChI=1S/C14H23N3O3/c1-4-20-14(18)13-11(15)12(16-17(13)2)9-5-7-10(19-3)8-6-9/h9-10H,4-8,15H2,1-3H3/t9-,10+. The van der Waals surface area contributed by atoms with Gasteiger partial charge in [0, 0.05) is 20.1 Å². The topological polar surface area (TPSA) is 79.4 Å². The van der Waals surface area contributed by atoms with Gasteiger partial charge in [0.15, 0.2) is 5.69 Å². The Morgan fingerprint density at radius 2 is 2.05 bits per heavy atom.